The molecule has 21 heavy (non-hydrogen) atoms. The van der Waals surface area contributed by atoms with Gasteiger partial charge < -0.3 is 0 Å². The summed E-state index contributed by atoms with van der Waals surface area (Å²) in [6, 6.07) is 5.70. The fraction of sp³-hybridized carbons (Fsp3) is 0.333. The number of hydrogen-bond acceptors (Lipinski definition) is 4. The van der Waals surface area contributed by atoms with Crippen LogP contribution in [-0.4, -0.2) is 26.8 Å². The zero-order valence-corrected chi connectivity index (χ0v) is 12.0. The van der Waals surface area contributed by atoms with Crippen molar-refractivity contribution in [3.63, 3.8) is 0 Å². The Kier molecular flexibility index (Phi) is 3.29. The molecule has 0 radical (unpaired) electrons. The summed E-state index contributed by atoms with van der Waals surface area (Å²) in [5.74, 6) is -0.547. The van der Waals surface area contributed by atoms with Gasteiger partial charge in [-0.15, -0.1) is 5.10 Å². The molecule has 1 unspecified atom stereocenters. The van der Waals surface area contributed by atoms with Gasteiger partial charge in [0.2, 0.25) is 5.91 Å². The highest BCUT2D eigenvalue weighted by Gasteiger charge is 2.29. The van der Waals surface area contributed by atoms with Crippen LogP contribution in [0.25, 0.3) is 11.3 Å². The number of carbonyl (C=O) groups excluding carboxylic acids is 2. The molecule has 0 bridgehead atoms. The van der Waals surface area contributed by atoms with Crippen molar-refractivity contribution in [3.8, 4) is 11.3 Å². The van der Waals surface area contributed by atoms with Gasteiger partial charge in [0.05, 0.1) is 6.20 Å². The van der Waals surface area contributed by atoms with E-state index in [9.17, 15) is 9.59 Å². The van der Waals surface area contributed by atoms with Crippen molar-refractivity contribution in [3.05, 3.63) is 35.5 Å². The third kappa shape index (κ3) is 2.69. The van der Waals surface area contributed by atoms with Gasteiger partial charge in [0, 0.05) is 12.0 Å². The van der Waals surface area contributed by atoms with Gasteiger partial charge >= 0.3 is 0 Å². The minimum Gasteiger partial charge on any atom is -0.295 e. The molecule has 1 atom stereocenters. The molecule has 0 saturated carbocycles. The third-order valence-corrected chi connectivity index (χ3v) is 3.56. The van der Waals surface area contributed by atoms with Crippen molar-refractivity contribution in [2.75, 3.05) is 0 Å². The number of carbonyl (C=O) groups is 2. The molecule has 3 rings (SSSR count). The van der Waals surface area contributed by atoms with Crippen LogP contribution in [0.3, 0.4) is 0 Å². The fourth-order valence-corrected chi connectivity index (χ4v) is 2.62. The highest BCUT2D eigenvalue weighted by Crippen LogP contribution is 2.23. The predicted molar refractivity (Wildman–Crippen MR) is 76.4 cm³/mol. The minimum atomic E-state index is -0.463. The number of hydrogen-bond donors (Lipinski definition) is 1. The van der Waals surface area contributed by atoms with E-state index in [1.54, 1.807) is 6.20 Å². The summed E-state index contributed by atoms with van der Waals surface area (Å²) in [6.45, 7) is 4.06. The number of aryl methyl sites for hydroxylation is 2. The molecule has 108 valence electrons. The van der Waals surface area contributed by atoms with E-state index in [4.69, 9.17) is 0 Å². The van der Waals surface area contributed by atoms with Crippen LogP contribution in [0.2, 0.25) is 0 Å². The van der Waals surface area contributed by atoms with E-state index in [-0.39, 0.29) is 11.8 Å². The molecule has 2 heterocycles. The molecule has 0 aliphatic carbocycles. The standard InChI is InChI=1S/C15H16N4O2/c1-9-5-10(2)7-11(6-9)12-8-19(18-17-12)13-3-4-14(20)16-15(13)21/h5-8,13H,3-4H2,1-2H3,(H,16,20,21). The predicted octanol–water partition coefficient (Wildman–Crippen LogP) is 1.54. The number of nitrogens with zero attached hydrogens (tertiary/aromatic N) is 3. The van der Waals surface area contributed by atoms with Gasteiger partial charge in [0.15, 0.2) is 0 Å². The van der Waals surface area contributed by atoms with E-state index >= 15 is 0 Å². The maximum absolute atomic E-state index is 11.8. The van der Waals surface area contributed by atoms with Crippen LogP contribution in [0.1, 0.15) is 30.0 Å². The molecule has 1 fully saturated rings. The average molecular weight is 284 g/mol. The smallest absolute Gasteiger partial charge is 0.251 e. The Balaban J connectivity index is 1.89. The van der Waals surface area contributed by atoms with Crippen molar-refractivity contribution in [2.24, 2.45) is 0 Å². The van der Waals surface area contributed by atoms with E-state index in [0.29, 0.717) is 12.8 Å². The summed E-state index contributed by atoms with van der Waals surface area (Å²) < 4.78 is 1.54. The average Bonchev–Trinajstić information content (AvgIpc) is 2.87. The summed E-state index contributed by atoms with van der Waals surface area (Å²) in [4.78, 5) is 23.0. The number of aromatic nitrogens is 3. The Morgan fingerprint density at radius 2 is 1.90 bits per heavy atom. The number of benzene rings is 1. The van der Waals surface area contributed by atoms with Crippen LogP contribution in [0.5, 0.6) is 0 Å². The van der Waals surface area contributed by atoms with Gasteiger partial charge in [-0.1, -0.05) is 22.4 Å². The van der Waals surface area contributed by atoms with Crippen LogP contribution >= 0.6 is 0 Å². The van der Waals surface area contributed by atoms with Crippen molar-refractivity contribution in [1.29, 1.82) is 0 Å². The molecule has 2 amide bonds. The normalized spacial score (nSPS) is 18.7. The molecule has 6 nitrogen and oxygen atoms in total. The molecule has 1 saturated heterocycles. The second-order valence-corrected chi connectivity index (χ2v) is 5.43. The van der Waals surface area contributed by atoms with Crippen LogP contribution in [0.15, 0.2) is 24.4 Å². The van der Waals surface area contributed by atoms with Crippen LogP contribution < -0.4 is 5.32 Å². The molecular weight excluding hydrogens is 268 g/mol. The summed E-state index contributed by atoms with van der Waals surface area (Å²) in [5.41, 5.74) is 4.01. The number of nitrogens with one attached hydrogen (secondary N) is 1. The van der Waals surface area contributed by atoms with Crippen LogP contribution in [0, 0.1) is 13.8 Å². The number of amides is 2. The summed E-state index contributed by atoms with van der Waals surface area (Å²) in [6.07, 6.45) is 2.55. The number of piperidine rings is 1. The molecule has 1 aliphatic rings. The second-order valence-electron chi connectivity index (χ2n) is 5.43. The zero-order valence-electron chi connectivity index (χ0n) is 12.0. The van der Waals surface area contributed by atoms with E-state index in [1.807, 2.05) is 26.0 Å². The van der Waals surface area contributed by atoms with Crippen molar-refractivity contribution < 1.29 is 9.59 Å². The fourth-order valence-electron chi connectivity index (χ4n) is 2.62. The first kappa shape index (κ1) is 13.5. The molecule has 1 aromatic heterocycles. The lowest BCUT2D eigenvalue weighted by Gasteiger charge is -2.20. The first-order valence-electron chi connectivity index (χ1n) is 6.87. The van der Waals surface area contributed by atoms with E-state index < -0.39 is 6.04 Å². The minimum absolute atomic E-state index is 0.231. The topological polar surface area (TPSA) is 76.9 Å². The second kappa shape index (κ2) is 5.12. The number of imide groups is 1. The first-order chi connectivity index (χ1) is 10.0. The van der Waals surface area contributed by atoms with Gasteiger partial charge in [-0.05, 0) is 32.4 Å². The van der Waals surface area contributed by atoms with E-state index in [1.165, 1.54) is 4.68 Å². The van der Waals surface area contributed by atoms with Crippen molar-refractivity contribution >= 4 is 11.8 Å². The van der Waals surface area contributed by atoms with Gasteiger partial charge in [0.1, 0.15) is 11.7 Å². The molecule has 1 aromatic carbocycles. The number of rotatable bonds is 2. The highest BCUT2D eigenvalue weighted by atomic mass is 16.2. The lowest BCUT2D eigenvalue weighted by atomic mass is 10.0. The quantitative estimate of drug-likeness (QED) is 0.849. The van der Waals surface area contributed by atoms with E-state index in [2.05, 4.69) is 21.7 Å². The van der Waals surface area contributed by atoms with Gasteiger partial charge in [0.25, 0.3) is 5.91 Å². The SMILES string of the molecule is Cc1cc(C)cc(-c2cn(C3CCC(=O)NC3=O)nn2)c1. The van der Waals surface area contributed by atoms with Gasteiger partial charge in [-0.2, -0.15) is 0 Å². The van der Waals surface area contributed by atoms with Crippen molar-refractivity contribution in [2.45, 2.75) is 32.7 Å². The summed E-state index contributed by atoms with van der Waals surface area (Å²) in [5, 5.41) is 10.5. The highest BCUT2D eigenvalue weighted by molar-refractivity contribution is 5.99. The zero-order chi connectivity index (χ0) is 15.0. The maximum Gasteiger partial charge on any atom is 0.251 e. The van der Waals surface area contributed by atoms with Crippen LogP contribution in [-0.2, 0) is 9.59 Å². The van der Waals surface area contributed by atoms with E-state index in [0.717, 1.165) is 22.4 Å². The molecule has 2 aromatic rings. The Hall–Kier alpha value is -2.50. The molecular formula is C15H16N4O2. The van der Waals surface area contributed by atoms with Gasteiger partial charge in [-0.3, -0.25) is 14.9 Å². The molecule has 1 N–H and O–H groups in total. The Bertz CT molecular complexity index is 700. The monoisotopic (exact) mass is 284 g/mol. The van der Waals surface area contributed by atoms with Crippen molar-refractivity contribution in [1.82, 2.24) is 20.3 Å². The lowest BCUT2D eigenvalue weighted by Crippen LogP contribution is -2.41. The molecule has 6 heteroatoms. The third-order valence-electron chi connectivity index (χ3n) is 3.56. The molecule has 0 spiro atoms. The largest absolute Gasteiger partial charge is 0.295 e. The van der Waals surface area contributed by atoms with Gasteiger partial charge in [-0.25, -0.2) is 4.68 Å². The maximum atomic E-state index is 11.8. The summed E-state index contributed by atoms with van der Waals surface area (Å²) >= 11 is 0. The summed E-state index contributed by atoms with van der Waals surface area (Å²) in [7, 11) is 0. The first-order valence-corrected chi connectivity index (χ1v) is 6.87. The van der Waals surface area contributed by atoms with Crippen LogP contribution in [0.4, 0.5) is 0 Å². The Morgan fingerprint density at radius 1 is 1.19 bits per heavy atom. The lowest BCUT2D eigenvalue weighted by molar-refractivity contribution is -0.136. The Labute approximate surface area is 122 Å². The molecule has 1 aliphatic heterocycles. The Morgan fingerprint density at radius 3 is 2.57 bits per heavy atom.